The fraction of sp³-hybridized carbons (Fsp3) is 0.600. The summed E-state index contributed by atoms with van der Waals surface area (Å²) in [5, 5.41) is 13.8. The summed E-state index contributed by atoms with van der Waals surface area (Å²) in [4.78, 5) is 3.94. The molecule has 1 rings (SSSR count). The van der Waals surface area contributed by atoms with Crippen molar-refractivity contribution >= 4 is 5.96 Å². The summed E-state index contributed by atoms with van der Waals surface area (Å²) in [5.74, 6) is 1.34. The van der Waals surface area contributed by atoms with Crippen molar-refractivity contribution in [2.75, 3.05) is 14.1 Å². The molecule has 0 atom stereocenters. The van der Waals surface area contributed by atoms with Crippen LogP contribution in [0.2, 0.25) is 0 Å². The Labute approximate surface area is 64.3 Å². The van der Waals surface area contributed by atoms with Gasteiger partial charge in [-0.15, -0.1) is 5.10 Å². The van der Waals surface area contributed by atoms with Gasteiger partial charge in [0, 0.05) is 14.1 Å². The fourth-order valence-electron chi connectivity index (χ4n) is 0.740. The Morgan fingerprint density at radius 1 is 1.64 bits per heavy atom. The van der Waals surface area contributed by atoms with Gasteiger partial charge in [0.15, 0.2) is 5.82 Å². The quantitative estimate of drug-likeness (QED) is 0.386. The van der Waals surface area contributed by atoms with Gasteiger partial charge in [-0.1, -0.05) is 0 Å². The molecule has 0 fully saturated rings. The number of aromatic nitrogens is 4. The Kier molecular flexibility index (Phi) is 2.15. The lowest BCUT2D eigenvalue weighted by atomic mass is 10.7. The van der Waals surface area contributed by atoms with Gasteiger partial charge >= 0.3 is 0 Å². The zero-order chi connectivity index (χ0) is 8.27. The molecule has 0 aliphatic rings. The lowest BCUT2D eigenvalue weighted by Gasteiger charge is -2.02. The number of hydrogen-bond donors (Lipinski definition) is 1. The lowest BCUT2D eigenvalue weighted by Crippen LogP contribution is -2.28. The molecule has 0 amide bonds. The fourth-order valence-corrected chi connectivity index (χ4v) is 0.740. The molecule has 1 heterocycles. The van der Waals surface area contributed by atoms with Crippen molar-refractivity contribution in [2.24, 2.45) is 4.99 Å². The Morgan fingerprint density at radius 3 is 2.73 bits per heavy atom. The van der Waals surface area contributed by atoms with Gasteiger partial charge in [0.25, 0.3) is 0 Å². The van der Waals surface area contributed by atoms with Gasteiger partial charge in [-0.05, 0) is 17.4 Å². The van der Waals surface area contributed by atoms with E-state index in [2.05, 4.69) is 25.8 Å². The van der Waals surface area contributed by atoms with Crippen molar-refractivity contribution in [3.05, 3.63) is 5.82 Å². The molecule has 0 aliphatic carbocycles. The number of tetrazole rings is 1. The molecule has 0 aromatic carbocycles. The number of rotatable bonds is 0. The molecule has 0 unspecified atom stereocenters. The highest BCUT2D eigenvalue weighted by molar-refractivity contribution is 5.81. The van der Waals surface area contributed by atoms with E-state index in [0.29, 0.717) is 11.8 Å². The molecule has 11 heavy (non-hydrogen) atoms. The molecule has 0 saturated heterocycles. The van der Waals surface area contributed by atoms with Crippen LogP contribution in [0.15, 0.2) is 4.99 Å². The van der Waals surface area contributed by atoms with Crippen LogP contribution in [0.3, 0.4) is 0 Å². The summed E-state index contributed by atoms with van der Waals surface area (Å²) < 4.78 is 1.53. The standard InChI is InChI=1S/C5H10N6/c1-4-8-9-10-11(4)5(6-2)7-3/h1-3H3,(H,6,7). The van der Waals surface area contributed by atoms with E-state index in [0.717, 1.165) is 0 Å². The first-order chi connectivity index (χ1) is 5.29. The van der Waals surface area contributed by atoms with Crippen LogP contribution in [-0.2, 0) is 0 Å². The second kappa shape index (κ2) is 3.09. The third-order valence-corrected chi connectivity index (χ3v) is 1.26. The molecule has 6 nitrogen and oxygen atoms in total. The van der Waals surface area contributed by atoms with Gasteiger partial charge in [-0.3, -0.25) is 4.99 Å². The van der Waals surface area contributed by atoms with Gasteiger partial charge in [-0.25, -0.2) is 0 Å². The summed E-state index contributed by atoms with van der Waals surface area (Å²) in [6.07, 6.45) is 0. The predicted molar refractivity (Wildman–Crippen MR) is 40.4 cm³/mol. The van der Waals surface area contributed by atoms with Gasteiger partial charge in [0.05, 0.1) is 0 Å². The molecule has 0 bridgehead atoms. The van der Waals surface area contributed by atoms with Gasteiger partial charge < -0.3 is 5.32 Å². The average Bonchev–Trinajstić information content (AvgIpc) is 2.40. The molecule has 0 spiro atoms. The van der Waals surface area contributed by atoms with Crippen molar-refractivity contribution < 1.29 is 0 Å². The van der Waals surface area contributed by atoms with E-state index in [9.17, 15) is 0 Å². The third kappa shape index (κ3) is 1.34. The molecule has 1 N–H and O–H groups in total. The van der Waals surface area contributed by atoms with Crippen LogP contribution >= 0.6 is 0 Å². The van der Waals surface area contributed by atoms with Gasteiger partial charge in [-0.2, -0.15) is 4.68 Å². The van der Waals surface area contributed by atoms with E-state index in [1.165, 1.54) is 4.68 Å². The minimum Gasteiger partial charge on any atom is -0.357 e. The minimum absolute atomic E-state index is 0.632. The van der Waals surface area contributed by atoms with Crippen LogP contribution in [-0.4, -0.2) is 40.3 Å². The molecular formula is C5H10N6. The molecule has 6 heteroatoms. The second-order valence-corrected chi connectivity index (χ2v) is 1.94. The highest BCUT2D eigenvalue weighted by Gasteiger charge is 2.03. The third-order valence-electron chi connectivity index (χ3n) is 1.26. The largest absolute Gasteiger partial charge is 0.357 e. The van der Waals surface area contributed by atoms with E-state index in [-0.39, 0.29) is 0 Å². The van der Waals surface area contributed by atoms with Crippen LogP contribution in [0.4, 0.5) is 0 Å². The Bertz CT molecular complexity index is 262. The van der Waals surface area contributed by atoms with Crippen molar-refractivity contribution in [2.45, 2.75) is 6.92 Å². The highest BCUT2D eigenvalue weighted by atomic mass is 15.6. The normalized spacial score (nSPS) is 11.7. The van der Waals surface area contributed by atoms with E-state index < -0.39 is 0 Å². The lowest BCUT2D eigenvalue weighted by molar-refractivity contribution is 0.786. The first kappa shape index (κ1) is 7.64. The summed E-state index contributed by atoms with van der Waals surface area (Å²) in [5.41, 5.74) is 0. The zero-order valence-corrected chi connectivity index (χ0v) is 6.74. The smallest absolute Gasteiger partial charge is 0.221 e. The molecule has 0 radical (unpaired) electrons. The van der Waals surface area contributed by atoms with E-state index in [4.69, 9.17) is 0 Å². The molecule has 1 aromatic heterocycles. The van der Waals surface area contributed by atoms with Gasteiger partial charge in [0.2, 0.25) is 5.96 Å². The number of nitrogens with one attached hydrogen (secondary N) is 1. The second-order valence-electron chi connectivity index (χ2n) is 1.94. The van der Waals surface area contributed by atoms with Crippen molar-refractivity contribution in [1.29, 1.82) is 0 Å². The van der Waals surface area contributed by atoms with Crippen molar-refractivity contribution in [3.63, 3.8) is 0 Å². The Hall–Kier alpha value is -1.46. The maximum Gasteiger partial charge on any atom is 0.221 e. The number of aryl methyl sites for hydroxylation is 1. The number of nitrogens with zero attached hydrogens (tertiary/aromatic N) is 5. The maximum atomic E-state index is 3.94. The zero-order valence-electron chi connectivity index (χ0n) is 6.74. The molecule has 60 valence electrons. The Balaban J connectivity index is 3.00. The molecule has 0 aliphatic heterocycles. The molecular weight excluding hydrogens is 144 g/mol. The first-order valence-corrected chi connectivity index (χ1v) is 3.19. The van der Waals surface area contributed by atoms with E-state index >= 15 is 0 Å². The highest BCUT2D eigenvalue weighted by Crippen LogP contribution is 1.85. The Morgan fingerprint density at radius 2 is 2.36 bits per heavy atom. The topological polar surface area (TPSA) is 68.0 Å². The minimum atomic E-state index is 0.632. The van der Waals surface area contributed by atoms with Crippen LogP contribution in [0.5, 0.6) is 0 Å². The number of aliphatic imine (C=N–C) groups is 1. The van der Waals surface area contributed by atoms with Crippen LogP contribution < -0.4 is 5.32 Å². The summed E-state index contributed by atoms with van der Waals surface area (Å²) in [6.45, 7) is 1.81. The monoisotopic (exact) mass is 154 g/mol. The van der Waals surface area contributed by atoms with Crippen molar-refractivity contribution in [1.82, 2.24) is 25.5 Å². The van der Waals surface area contributed by atoms with Crippen LogP contribution in [0, 0.1) is 6.92 Å². The summed E-state index contributed by atoms with van der Waals surface area (Å²) in [6, 6.07) is 0. The van der Waals surface area contributed by atoms with E-state index in [1.807, 2.05) is 6.92 Å². The summed E-state index contributed by atoms with van der Waals surface area (Å²) >= 11 is 0. The predicted octanol–water partition coefficient (Wildman–Crippen LogP) is -0.965. The SMILES string of the molecule is CN=C(NC)n1nnnc1C. The molecule has 1 aromatic rings. The average molecular weight is 154 g/mol. The number of hydrogen-bond acceptors (Lipinski definition) is 4. The van der Waals surface area contributed by atoms with E-state index in [1.54, 1.807) is 14.1 Å². The summed E-state index contributed by atoms with van der Waals surface area (Å²) in [7, 11) is 3.44. The van der Waals surface area contributed by atoms with Gasteiger partial charge in [0.1, 0.15) is 0 Å². The van der Waals surface area contributed by atoms with Crippen molar-refractivity contribution in [3.8, 4) is 0 Å². The van der Waals surface area contributed by atoms with Crippen LogP contribution in [0.25, 0.3) is 0 Å². The molecule has 0 saturated carbocycles. The van der Waals surface area contributed by atoms with Crippen LogP contribution in [0.1, 0.15) is 5.82 Å². The maximum absolute atomic E-state index is 3.94. The first-order valence-electron chi connectivity index (χ1n) is 3.19.